The highest BCUT2D eigenvalue weighted by Crippen LogP contribution is 2.35. The number of piperidine rings is 1. The van der Waals surface area contributed by atoms with Gasteiger partial charge < -0.3 is 4.90 Å². The molecule has 0 N–H and O–H groups in total. The smallest absolute Gasteiger partial charge is 0.000926 e. The first-order chi connectivity index (χ1) is 7.36. The summed E-state index contributed by atoms with van der Waals surface area (Å²) in [5, 5.41) is 0. The molecule has 1 saturated heterocycles. The number of rotatable bonds is 0. The first-order valence-electron chi connectivity index (χ1n) is 7.05. The van der Waals surface area contributed by atoms with E-state index in [-0.39, 0.29) is 0 Å². The third-order valence-electron chi connectivity index (χ3n) is 3.49. The molecular formula is C14H31N. The van der Waals surface area contributed by atoms with Crippen LogP contribution in [0.25, 0.3) is 0 Å². The van der Waals surface area contributed by atoms with E-state index in [9.17, 15) is 0 Å². The Labute approximate surface area is 97.2 Å². The average Bonchev–Trinajstić information content (AvgIpc) is 2.34. The van der Waals surface area contributed by atoms with Crippen molar-refractivity contribution in [1.82, 2.24) is 4.90 Å². The molecule has 0 aromatic rings. The molecule has 2 rings (SSSR count). The van der Waals surface area contributed by atoms with Gasteiger partial charge in [-0.15, -0.1) is 0 Å². The topological polar surface area (TPSA) is 3.24 Å². The molecule has 1 heteroatoms. The number of fused-ring (bicyclic) bond motifs is 1. The zero-order valence-electron chi connectivity index (χ0n) is 11.6. The van der Waals surface area contributed by atoms with Crippen molar-refractivity contribution in [3.63, 3.8) is 0 Å². The van der Waals surface area contributed by atoms with Gasteiger partial charge in [-0.05, 0) is 38.3 Å². The summed E-state index contributed by atoms with van der Waals surface area (Å²) >= 11 is 0. The first kappa shape index (κ1) is 15.0. The molecule has 92 valence electrons. The molecule has 0 bridgehead atoms. The largest absolute Gasteiger partial charge is 0.306 e. The van der Waals surface area contributed by atoms with Crippen molar-refractivity contribution in [2.24, 2.45) is 11.8 Å². The molecule has 2 unspecified atom stereocenters. The van der Waals surface area contributed by atoms with Crippen LogP contribution in [0.15, 0.2) is 0 Å². The van der Waals surface area contributed by atoms with Crippen molar-refractivity contribution < 1.29 is 0 Å². The molecule has 15 heavy (non-hydrogen) atoms. The molecule has 0 spiro atoms. The van der Waals surface area contributed by atoms with Crippen LogP contribution < -0.4 is 0 Å². The summed E-state index contributed by atoms with van der Waals surface area (Å²) in [5.41, 5.74) is 0. The maximum absolute atomic E-state index is 2.51. The lowest BCUT2D eigenvalue weighted by molar-refractivity contribution is 0.105. The number of hydrogen-bond donors (Lipinski definition) is 0. The maximum atomic E-state index is 2.51. The van der Waals surface area contributed by atoms with Crippen molar-refractivity contribution in [3.05, 3.63) is 0 Å². The lowest BCUT2D eigenvalue weighted by Gasteiger charge is -2.39. The maximum Gasteiger partial charge on any atom is 0.000926 e. The van der Waals surface area contributed by atoms with Gasteiger partial charge in [0.15, 0.2) is 0 Å². The number of hydrogen-bond acceptors (Lipinski definition) is 1. The number of likely N-dealkylation sites (tertiary alicyclic amines) is 1. The van der Waals surface area contributed by atoms with Gasteiger partial charge in [0.25, 0.3) is 0 Å². The van der Waals surface area contributed by atoms with Gasteiger partial charge in [-0.3, -0.25) is 0 Å². The van der Waals surface area contributed by atoms with Crippen LogP contribution in [-0.4, -0.2) is 25.0 Å². The van der Waals surface area contributed by atoms with E-state index >= 15 is 0 Å². The van der Waals surface area contributed by atoms with Crippen LogP contribution in [0.2, 0.25) is 0 Å². The summed E-state index contributed by atoms with van der Waals surface area (Å²) in [6.45, 7) is 10.7. The fourth-order valence-corrected chi connectivity index (χ4v) is 2.78. The fraction of sp³-hybridized carbons (Fsp3) is 1.00. The fourth-order valence-electron chi connectivity index (χ4n) is 2.78. The average molecular weight is 213 g/mol. The lowest BCUT2D eigenvalue weighted by Crippen LogP contribution is -2.39. The molecule has 0 amide bonds. The van der Waals surface area contributed by atoms with Gasteiger partial charge in [0.1, 0.15) is 0 Å². The summed E-state index contributed by atoms with van der Waals surface area (Å²) < 4.78 is 0. The Morgan fingerprint density at radius 3 is 1.93 bits per heavy atom. The Kier molecular flexibility index (Phi) is 9.18. The van der Waals surface area contributed by atoms with Crippen LogP contribution in [-0.2, 0) is 0 Å². The van der Waals surface area contributed by atoms with Crippen LogP contribution in [0.4, 0.5) is 0 Å². The molecule has 0 aromatic heterocycles. The van der Waals surface area contributed by atoms with Crippen LogP contribution in [0.5, 0.6) is 0 Å². The SMILES string of the molecule is CC.CC.CN1CCC2CCCCC2C1. The predicted molar refractivity (Wildman–Crippen MR) is 70.3 cm³/mol. The Bertz CT molecular complexity index is 133. The molecular weight excluding hydrogens is 182 g/mol. The minimum absolute atomic E-state index is 1.06. The van der Waals surface area contributed by atoms with Crippen LogP contribution in [0.3, 0.4) is 0 Å². The summed E-state index contributed by atoms with van der Waals surface area (Å²) in [6, 6.07) is 0. The van der Waals surface area contributed by atoms with Crippen molar-refractivity contribution in [1.29, 1.82) is 0 Å². The van der Waals surface area contributed by atoms with Gasteiger partial charge in [0, 0.05) is 6.54 Å². The van der Waals surface area contributed by atoms with Gasteiger partial charge in [-0.1, -0.05) is 47.0 Å². The minimum atomic E-state index is 1.06. The minimum Gasteiger partial charge on any atom is -0.306 e. The van der Waals surface area contributed by atoms with E-state index in [1.807, 2.05) is 27.7 Å². The summed E-state index contributed by atoms with van der Waals surface area (Å²) in [6.07, 6.45) is 7.51. The van der Waals surface area contributed by atoms with Crippen LogP contribution in [0.1, 0.15) is 59.8 Å². The normalized spacial score (nSPS) is 30.2. The molecule has 1 aliphatic heterocycles. The number of nitrogens with zero attached hydrogens (tertiary/aromatic N) is 1. The predicted octanol–water partition coefficient (Wildman–Crippen LogP) is 4.18. The molecule has 1 aliphatic carbocycles. The zero-order chi connectivity index (χ0) is 11.7. The highest BCUT2D eigenvalue weighted by atomic mass is 15.1. The van der Waals surface area contributed by atoms with Gasteiger partial charge in [0.2, 0.25) is 0 Å². The monoisotopic (exact) mass is 213 g/mol. The zero-order valence-corrected chi connectivity index (χ0v) is 11.6. The van der Waals surface area contributed by atoms with Gasteiger partial charge in [0.05, 0.1) is 0 Å². The molecule has 2 atom stereocenters. The Morgan fingerprint density at radius 1 is 0.800 bits per heavy atom. The van der Waals surface area contributed by atoms with E-state index in [1.165, 1.54) is 45.2 Å². The van der Waals surface area contributed by atoms with E-state index in [0.717, 1.165) is 11.8 Å². The molecule has 0 aromatic carbocycles. The molecule has 1 saturated carbocycles. The van der Waals surface area contributed by atoms with Crippen molar-refractivity contribution in [2.75, 3.05) is 20.1 Å². The van der Waals surface area contributed by atoms with Gasteiger partial charge in [-0.25, -0.2) is 0 Å². The summed E-state index contributed by atoms with van der Waals surface area (Å²) in [7, 11) is 2.27. The molecule has 1 heterocycles. The summed E-state index contributed by atoms with van der Waals surface area (Å²) in [4.78, 5) is 2.51. The van der Waals surface area contributed by atoms with E-state index in [0.29, 0.717) is 0 Å². The van der Waals surface area contributed by atoms with Crippen molar-refractivity contribution in [2.45, 2.75) is 59.8 Å². The highest BCUT2D eigenvalue weighted by Gasteiger charge is 2.29. The van der Waals surface area contributed by atoms with E-state index in [1.54, 1.807) is 0 Å². The van der Waals surface area contributed by atoms with Crippen LogP contribution in [0, 0.1) is 11.8 Å². The Morgan fingerprint density at radius 2 is 1.33 bits per heavy atom. The van der Waals surface area contributed by atoms with Crippen LogP contribution >= 0.6 is 0 Å². The molecule has 1 nitrogen and oxygen atoms in total. The first-order valence-corrected chi connectivity index (χ1v) is 7.05. The second-order valence-corrected chi connectivity index (χ2v) is 4.36. The second kappa shape index (κ2) is 9.21. The third-order valence-corrected chi connectivity index (χ3v) is 3.49. The molecule has 0 radical (unpaired) electrons. The van der Waals surface area contributed by atoms with E-state index in [2.05, 4.69) is 11.9 Å². The Hall–Kier alpha value is -0.0400. The van der Waals surface area contributed by atoms with Crippen molar-refractivity contribution in [3.8, 4) is 0 Å². The molecule has 2 aliphatic rings. The second-order valence-electron chi connectivity index (χ2n) is 4.36. The standard InChI is InChI=1S/C10H19N.2C2H6/c1-11-7-6-9-4-2-3-5-10(9)8-11;2*1-2/h9-10H,2-8H2,1H3;2*1-2H3. The Balaban J connectivity index is 0.000000442. The highest BCUT2D eigenvalue weighted by molar-refractivity contribution is 4.81. The van der Waals surface area contributed by atoms with Gasteiger partial charge >= 0.3 is 0 Å². The van der Waals surface area contributed by atoms with E-state index < -0.39 is 0 Å². The van der Waals surface area contributed by atoms with Gasteiger partial charge in [-0.2, -0.15) is 0 Å². The van der Waals surface area contributed by atoms with E-state index in [4.69, 9.17) is 0 Å². The quantitative estimate of drug-likeness (QED) is 0.583. The van der Waals surface area contributed by atoms with Crippen molar-refractivity contribution >= 4 is 0 Å². The molecule has 2 fully saturated rings. The third kappa shape index (κ3) is 5.01. The lowest BCUT2D eigenvalue weighted by atomic mass is 9.75. The summed E-state index contributed by atoms with van der Waals surface area (Å²) in [5.74, 6) is 2.16.